The molecule has 2 aromatic rings. The molecule has 1 N–H and O–H groups in total. The van der Waals surface area contributed by atoms with Gasteiger partial charge in [-0.05, 0) is 36.8 Å². The lowest BCUT2D eigenvalue weighted by Crippen LogP contribution is -2.28. The van der Waals surface area contributed by atoms with Crippen molar-refractivity contribution >= 4 is 34.8 Å². The van der Waals surface area contributed by atoms with Crippen molar-refractivity contribution in [1.82, 2.24) is 0 Å². The van der Waals surface area contributed by atoms with Crippen molar-refractivity contribution in [3.8, 4) is 11.5 Å². The van der Waals surface area contributed by atoms with Gasteiger partial charge in [0, 0.05) is 35.4 Å². The van der Waals surface area contributed by atoms with E-state index in [2.05, 4.69) is 5.32 Å². The van der Waals surface area contributed by atoms with Gasteiger partial charge in [-0.2, -0.15) is 0 Å². The van der Waals surface area contributed by atoms with E-state index in [0.29, 0.717) is 47.7 Å². The third-order valence-corrected chi connectivity index (χ3v) is 5.18. The number of halogens is 1. The number of anilines is 2. The number of hydrogen-bond acceptors (Lipinski definition) is 4. The van der Waals surface area contributed by atoms with Crippen LogP contribution in [0.3, 0.4) is 0 Å². The molecule has 2 heterocycles. The summed E-state index contributed by atoms with van der Waals surface area (Å²) in [6.07, 6.45) is 0.169. The molecule has 7 heteroatoms. The average Bonchev–Trinajstić information content (AvgIpc) is 3.06. The molecule has 2 aliphatic rings. The zero-order chi connectivity index (χ0) is 19.0. The molecule has 1 unspecified atom stereocenters. The predicted molar refractivity (Wildman–Crippen MR) is 103 cm³/mol. The highest BCUT2D eigenvalue weighted by atomic mass is 35.5. The van der Waals surface area contributed by atoms with E-state index in [-0.39, 0.29) is 18.2 Å². The van der Waals surface area contributed by atoms with Crippen molar-refractivity contribution in [1.29, 1.82) is 0 Å². The second-order valence-corrected chi connectivity index (χ2v) is 7.09. The highest BCUT2D eigenvalue weighted by Crippen LogP contribution is 2.33. The molecule has 0 aromatic heterocycles. The first-order valence-electron chi connectivity index (χ1n) is 8.78. The van der Waals surface area contributed by atoms with E-state index >= 15 is 0 Å². The van der Waals surface area contributed by atoms with Gasteiger partial charge in [0.15, 0.2) is 11.5 Å². The number of hydrogen-bond donors (Lipinski definition) is 1. The highest BCUT2D eigenvalue weighted by Gasteiger charge is 2.35. The topological polar surface area (TPSA) is 67.9 Å². The number of carbonyl (C=O) groups is 2. The fourth-order valence-corrected chi connectivity index (χ4v) is 3.42. The zero-order valence-corrected chi connectivity index (χ0v) is 15.6. The Labute approximate surface area is 162 Å². The minimum absolute atomic E-state index is 0.0859. The minimum atomic E-state index is -0.425. The molecule has 0 radical (unpaired) electrons. The van der Waals surface area contributed by atoms with Gasteiger partial charge in [0.1, 0.15) is 13.2 Å². The molecular weight excluding hydrogens is 368 g/mol. The largest absolute Gasteiger partial charge is 0.486 e. The van der Waals surface area contributed by atoms with E-state index in [1.807, 2.05) is 19.1 Å². The van der Waals surface area contributed by atoms with Crippen LogP contribution >= 0.6 is 11.6 Å². The molecule has 0 saturated carbocycles. The van der Waals surface area contributed by atoms with Crippen LogP contribution in [-0.2, 0) is 9.59 Å². The van der Waals surface area contributed by atoms with E-state index in [0.717, 1.165) is 5.56 Å². The summed E-state index contributed by atoms with van der Waals surface area (Å²) in [6, 6.07) is 10.7. The molecule has 27 heavy (non-hydrogen) atoms. The van der Waals surface area contributed by atoms with Crippen LogP contribution in [0.4, 0.5) is 11.4 Å². The van der Waals surface area contributed by atoms with Crippen molar-refractivity contribution in [3.63, 3.8) is 0 Å². The maximum Gasteiger partial charge on any atom is 0.229 e. The summed E-state index contributed by atoms with van der Waals surface area (Å²) in [5.41, 5.74) is 2.28. The Hall–Kier alpha value is -2.73. The first-order chi connectivity index (χ1) is 13.0. The van der Waals surface area contributed by atoms with Crippen molar-refractivity contribution < 1.29 is 19.1 Å². The summed E-state index contributed by atoms with van der Waals surface area (Å²) in [4.78, 5) is 26.6. The van der Waals surface area contributed by atoms with Gasteiger partial charge >= 0.3 is 0 Å². The van der Waals surface area contributed by atoms with Crippen LogP contribution in [0.1, 0.15) is 12.0 Å². The lowest BCUT2D eigenvalue weighted by molar-refractivity contribution is -0.122. The second-order valence-electron chi connectivity index (χ2n) is 6.69. The van der Waals surface area contributed by atoms with E-state index in [1.54, 1.807) is 29.2 Å². The Morgan fingerprint density at radius 3 is 2.70 bits per heavy atom. The van der Waals surface area contributed by atoms with Gasteiger partial charge in [-0.15, -0.1) is 0 Å². The van der Waals surface area contributed by atoms with Crippen LogP contribution in [0.5, 0.6) is 11.5 Å². The quantitative estimate of drug-likeness (QED) is 0.877. The summed E-state index contributed by atoms with van der Waals surface area (Å²) in [5.74, 6) is 0.568. The molecule has 0 spiro atoms. The molecule has 2 aliphatic heterocycles. The van der Waals surface area contributed by atoms with Crippen LogP contribution in [0, 0.1) is 12.8 Å². The number of fused-ring (bicyclic) bond motifs is 1. The highest BCUT2D eigenvalue weighted by molar-refractivity contribution is 6.31. The van der Waals surface area contributed by atoms with Gasteiger partial charge in [-0.3, -0.25) is 9.59 Å². The standard InChI is InChI=1S/C20H19ClN2O4/c1-12-2-4-15(10-16(12)21)23-11-13(8-19(23)24)20(25)22-14-3-5-17-18(9-14)27-7-6-26-17/h2-5,9-10,13H,6-8,11H2,1H3,(H,22,25). The maximum absolute atomic E-state index is 12.6. The smallest absolute Gasteiger partial charge is 0.229 e. The first-order valence-corrected chi connectivity index (χ1v) is 9.16. The number of benzene rings is 2. The number of aryl methyl sites for hydroxylation is 1. The molecule has 0 bridgehead atoms. The Bertz CT molecular complexity index is 915. The molecule has 2 amide bonds. The molecule has 140 valence electrons. The van der Waals surface area contributed by atoms with Crippen molar-refractivity contribution in [2.75, 3.05) is 30.0 Å². The molecule has 0 aliphatic carbocycles. The monoisotopic (exact) mass is 386 g/mol. The number of nitrogens with zero attached hydrogens (tertiary/aromatic N) is 1. The van der Waals surface area contributed by atoms with Gasteiger partial charge in [-0.25, -0.2) is 0 Å². The fraction of sp³-hybridized carbons (Fsp3) is 0.300. The van der Waals surface area contributed by atoms with Crippen LogP contribution in [0.15, 0.2) is 36.4 Å². The number of ether oxygens (including phenoxy) is 2. The molecule has 1 saturated heterocycles. The Morgan fingerprint density at radius 2 is 1.93 bits per heavy atom. The fourth-order valence-electron chi connectivity index (χ4n) is 3.25. The molecule has 2 aromatic carbocycles. The lowest BCUT2D eigenvalue weighted by atomic mass is 10.1. The van der Waals surface area contributed by atoms with Crippen LogP contribution in [0.25, 0.3) is 0 Å². The minimum Gasteiger partial charge on any atom is -0.486 e. The van der Waals surface area contributed by atoms with E-state index in [9.17, 15) is 9.59 Å². The molecular formula is C20H19ClN2O4. The first kappa shape index (κ1) is 17.7. The Morgan fingerprint density at radius 1 is 1.15 bits per heavy atom. The van der Waals surface area contributed by atoms with Crippen molar-refractivity contribution in [3.05, 3.63) is 47.0 Å². The molecule has 6 nitrogen and oxygen atoms in total. The van der Waals surface area contributed by atoms with E-state index in [1.165, 1.54) is 0 Å². The number of rotatable bonds is 3. The Kier molecular flexibility index (Phi) is 4.66. The van der Waals surface area contributed by atoms with Gasteiger partial charge < -0.3 is 19.7 Å². The van der Waals surface area contributed by atoms with Gasteiger partial charge in [0.25, 0.3) is 0 Å². The summed E-state index contributed by atoms with van der Waals surface area (Å²) in [5, 5.41) is 3.47. The molecule has 1 atom stereocenters. The van der Waals surface area contributed by atoms with Crippen molar-refractivity contribution in [2.45, 2.75) is 13.3 Å². The molecule has 1 fully saturated rings. The second kappa shape index (κ2) is 7.12. The summed E-state index contributed by atoms with van der Waals surface area (Å²) < 4.78 is 11.0. The zero-order valence-electron chi connectivity index (χ0n) is 14.8. The van der Waals surface area contributed by atoms with Gasteiger partial charge in [-0.1, -0.05) is 17.7 Å². The Balaban J connectivity index is 1.45. The van der Waals surface area contributed by atoms with Crippen LogP contribution in [-0.4, -0.2) is 31.6 Å². The van der Waals surface area contributed by atoms with Crippen LogP contribution in [0.2, 0.25) is 5.02 Å². The third kappa shape index (κ3) is 3.57. The predicted octanol–water partition coefficient (Wildman–Crippen LogP) is 3.41. The van der Waals surface area contributed by atoms with E-state index < -0.39 is 5.92 Å². The van der Waals surface area contributed by atoms with Crippen LogP contribution < -0.4 is 19.7 Å². The normalized spacial score (nSPS) is 18.5. The summed E-state index contributed by atoms with van der Waals surface area (Å²) in [7, 11) is 0. The number of amides is 2. The average molecular weight is 387 g/mol. The third-order valence-electron chi connectivity index (χ3n) is 4.77. The maximum atomic E-state index is 12.6. The van der Waals surface area contributed by atoms with E-state index in [4.69, 9.17) is 21.1 Å². The number of nitrogens with one attached hydrogen (secondary N) is 1. The van der Waals surface area contributed by atoms with Gasteiger partial charge in [0.05, 0.1) is 5.92 Å². The summed E-state index contributed by atoms with van der Waals surface area (Å²) in [6.45, 7) is 3.23. The SMILES string of the molecule is Cc1ccc(N2CC(C(=O)Nc3ccc4c(c3)OCCO4)CC2=O)cc1Cl. The number of carbonyl (C=O) groups excluding carboxylic acids is 2. The molecule has 4 rings (SSSR count). The lowest BCUT2D eigenvalue weighted by Gasteiger charge is -2.19. The van der Waals surface area contributed by atoms with Crippen molar-refractivity contribution in [2.24, 2.45) is 5.92 Å². The van der Waals surface area contributed by atoms with Gasteiger partial charge in [0.2, 0.25) is 11.8 Å². The summed E-state index contributed by atoms with van der Waals surface area (Å²) >= 11 is 6.16.